The standard InChI is InChI=1S/C21H28N4S/c1-14(2)25-19(21-9-16-6-17(10-21)8-18(7-16)11-21)23-24-20(25)26-13-15-4-3-5-22-12-15/h3-5,12,14,16-18H,6-11,13H2,1-2H3. The van der Waals surface area contributed by atoms with Crippen molar-refractivity contribution in [3.8, 4) is 0 Å². The largest absolute Gasteiger partial charge is 0.303 e. The summed E-state index contributed by atoms with van der Waals surface area (Å²) in [5.41, 5.74) is 1.55. The molecule has 2 aromatic rings. The van der Waals surface area contributed by atoms with Gasteiger partial charge in [0.25, 0.3) is 0 Å². The van der Waals surface area contributed by atoms with Crippen molar-refractivity contribution in [2.24, 2.45) is 17.8 Å². The fraction of sp³-hybridized carbons (Fsp3) is 0.667. The molecule has 4 fully saturated rings. The van der Waals surface area contributed by atoms with Crippen LogP contribution in [0.3, 0.4) is 0 Å². The predicted molar refractivity (Wildman–Crippen MR) is 104 cm³/mol. The molecular formula is C21H28N4S. The minimum absolute atomic E-state index is 0.305. The summed E-state index contributed by atoms with van der Waals surface area (Å²) in [6.45, 7) is 4.56. The summed E-state index contributed by atoms with van der Waals surface area (Å²) in [5, 5.41) is 10.6. The molecule has 0 radical (unpaired) electrons. The number of pyridine rings is 1. The molecule has 0 aromatic carbocycles. The monoisotopic (exact) mass is 368 g/mol. The van der Waals surface area contributed by atoms with E-state index in [0.717, 1.165) is 28.7 Å². The summed E-state index contributed by atoms with van der Waals surface area (Å²) in [7, 11) is 0. The highest BCUT2D eigenvalue weighted by Gasteiger charge is 2.54. The lowest BCUT2D eigenvalue weighted by molar-refractivity contribution is -0.0118. The van der Waals surface area contributed by atoms with Crippen molar-refractivity contribution in [2.45, 2.75) is 74.7 Å². The summed E-state index contributed by atoms with van der Waals surface area (Å²) in [6.07, 6.45) is 12.2. The van der Waals surface area contributed by atoms with Gasteiger partial charge in [0.15, 0.2) is 5.16 Å². The first-order valence-corrected chi connectivity index (χ1v) is 11.1. The zero-order valence-electron chi connectivity index (χ0n) is 15.8. The fourth-order valence-corrected chi connectivity index (χ4v) is 7.22. The number of aromatic nitrogens is 4. The van der Waals surface area contributed by atoms with Crippen LogP contribution < -0.4 is 0 Å². The topological polar surface area (TPSA) is 43.6 Å². The highest BCUT2D eigenvalue weighted by atomic mass is 32.2. The van der Waals surface area contributed by atoms with Gasteiger partial charge in [0.05, 0.1) is 0 Å². The molecule has 0 unspecified atom stereocenters. The van der Waals surface area contributed by atoms with E-state index in [1.807, 2.05) is 18.5 Å². The first-order chi connectivity index (χ1) is 12.6. The minimum atomic E-state index is 0.305. The van der Waals surface area contributed by atoms with Crippen molar-refractivity contribution in [3.63, 3.8) is 0 Å². The van der Waals surface area contributed by atoms with Crippen LogP contribution in [0.5, 0.6) is 0 Å². The number of hydrogen-bond acceptors (Lipinski definition) is 4. The van der Waals surface area contributed by atoms with Crippen LogP contribution in [0.4, 0.5) is 0 Å². The molecule has 138 valence electrons. The Balaban J connectivity index is 1.45. The van der Waals surface area contributed by atoms with E-state index in [1.165, 1.54) is 49.9 Å². The maximum absolute atomic E-state index is 4.82. The number of nitrogens with zero attached hydrogens (tertiary/aromatic N) is 4. The van der Waals surface area contributed by atoms with Gasteiger partial charge in [-0.15, -0.1) is 10.2 Å². The lowest BCUT2D eigenvalue weighted by Crippen LogP contribution is -2.49. The predicted octanol–water partition coefficient (Wildman–Crippen LogP) is 5.01. The summed E-state index contributed by atoms with van der Waals surface area (Å²) >= 11 is 1.80. The molecule has 0 amide bonds. The van der Waals surface area contributed by atoms with Crippen molar-refractivity contribution in [3.05, 3.63) is 35.9 Å². The normalized spacial score (nSPS) is 32.5. The Morgan fingerprint density at radius 2 is 1.81 bits per heavy atom. The zero-order valence-corrected chi connectivity index (χ0v) is 16.6. The van der Waals surface area contributed by atoms with E-state index >= 15 is 0 Å². The Labute approximate surface area is 160 Å². The van der Waals surface area contributed by atoms with Crippen LogP contribution >= 0.6 is 11.8 Å². The molecular weight excluding hydrogens is 340 g/mol. The van der Waals surface area contributed by atoms with Gasteiger partial charge in [-0.2, -0.15) is 0 Å². The van der Waals surface area contributed by atoms with Gasteiger partial charge in [0, 0.05) is 29.6 Å². The molecule has 0 saturated heterocycles. The highest BCUT2D eigenvalue weighted by molar-refractivity contribution is 7.98. The average Bonchev–Trinajstić information content (AvgIpc) is 3.05. The number of thioether (sulfide) groups is 1. The minimum Gasteiger partial charge on any atom is -0.303 e. The molecule has 2 aromatic heterocycles. The summed E-state index contributed by atoms with van der Waals surface area (Å²) in [4.78, 5) is 4.23. The van der Waals surface area contributed by atoms with Gasteiger partial charge in [-0.05, 0) is 81.8 Å². The Morgan fingerprint density at radius 3 is 2.38 bits per heavy atom. The van der Waals surface area contributed by atoms with E-state index in [9.17, 15) is 0 Å². The van der Waals surface area contributed by atoms with E-state index in [2.05, 4.69) is 34.6 Å². The van der Waals surface area contributed by atoms with Crippen molar-refractivity contribution >= 4 is 11.8 Å². The second-order valence-corrected chi connectivity index (χ2v) is 10.1. The second-order valence-electron chi connectivity index (χ2n) is 9.12. The van der Waals surface area contributed by atoms with Crippen LogP contribution in [0.2, 0.25) is 0 Å². The van der Waals surface area contributed by atoms with Gasteiger partial charge in [-0.3, -0.25) is 4.98 Å². The van der Waals surface area contributed by atoms with Crippen LogP contribution in [0.1, 0.15) is 69.8 Å². The molecule has 4 aliphatic rings. The van der Waals surface area contributed by atoms with E-state index in [4.69, 9.17) is 5.10 Å². The van der Waals surface area contributed by atoms with E-state index in [0.29, 0.717) is 11.5 Å². The Kier molecular flexibility index (Phi) is 4.11. The zero-order chi connectivity index (χ0) is 17.7. The maximum atomic E-state index is 4.82. The molecule has 4 saturated carbocycles. The van der Waals surface area contributed by atoms with E-state index in [1.54, 1.807) is 11.8 Å². The SMILES string of the molecule is CC(C)n1c(SCc2cccnc2)nnc1C12CC3CC(CC(C3)C1)C2. The van der Waals surface area contributed by atoms with Gasteiger partial charge in [-0.25, -0.2) is 0 Å². The molecule has 6 rings (SSSR count). The van der Waals surface area contributed by atoms with Crippen molar-refractivity contribution in [1.29, 1.82) is 0 Å². The summed E-state index contributed by atoms with van der Waals surface area (Å²) < 4.78 is 2.45. The molecule has 2 heterocycles. The molecule has 26 heavy (non-hydrogen) atoms. The van der Waals surface area contributed by atoms with Gasteiger partial charge >= 0.3 is 0 Å². The first-order valence-electron chi connectivity index (χ1n) is 10.1. The Morgan fingerprint density at radius 1 is 1.12 bits per heavy atom. The van der Waals surface area contributed by atoms with Crippen LogP contribution in [-0.2, 0) is 11.2 Å². The van der Waals surface area contributed by atoms with Crippen molar-refractivity contribution in [2.75, 3.05) is 0 Å². The maximum Gasteiger partial charge on any atom is 0.191 e. The molecule has 0 N–H and O–H groups in total. The third kappa shape index (κ3) is 2.79. The lowest BCUT2D eigenvalue weighted by Gasteiger charge is -2.56. The molecule has 4 bridgehead atoms. The van der Waals surface area contributed by atoms with Gasteiger partial charge in [-0.1, -0.05) is 17.8 Å². The van der Waals surface area contributed by atoms with Crippen molar-refractivity contribution in [1.82, 2.24) is 19.7 Å². The number of hydrogen-bond donors (Lipinski definition) is 0. The lowest BCUT2D eigenvalue weighted by atomic mass is 9.49. The second kappa shape index (κ2) is 6.36. The Hall–Kier alpha value is -1.36. The van der Waals surface area contributed by atoms with Crippen molar-refractivity contribution < 1.29 is 0 Å². The third-order valence-electron chi connectivity index (χ3n) is 6.78. The van der Waals surface area contributed by atoms with Crippen LogP contribution in [-0.4, -0.2) is 19.7 Å². The van der Waals surface area contributed by atoms with Gasteiger partial charge < -0.3 is 4.57 Å². The third-order valence-corrected chi connectivity index (χ3v) is 7.80. The molecule has 0 atom stereocenters. The molecule has 4 nitrogen and oxygen atoms in total. The smallest absolute Gasteiger partial charge is 0.191 e. The van der Waals surface area contributed by atoms with Crippen LogP contribution in [0.25, 0.3) is 0 Å². The summed E-state index contributed by atoms with van der Waals surface area (Å²) in [5.74, 6) is 5.00. The van der Waals surface area contributed by atoms with Gasteiger partial charge in [0.1, 0.15) is 5.82 Å². The quantitative estimate of drug-likeness (QED) is 0.696. The number of rotatable bonds is 5. The average molecular weight is 369 g/mol. The molecule has 5 heteroatoms. The molecule has 0 spiro atoms. The van der Waals surface area contributed by atoms with Crippen LogP contribution in [0.15, 0.2) is 29.7 Å². The molecule has 4 aliphatic carbocycles. The van der Waals surface area contributed by atoms with E-state index < -0.39 is 0 Å². The fourth-order valence-electron chi connectivity index (χ4n) is 6.22. The van der Waals surface area contributed by atoms with E-state index in [-0.39, 0.29) is 0 Å². The highest BCUT2D eigenvalue weighted by Crippen LogP contribution is 2.60. The summed E-state index contributed by atoms with van der Waals surface area (Å²) in [6, 6.07) is 4.55. The van der Waals surface area contributed by atoms with Gasteiger partial charge in [0.2, 0.25) is 0 Å². The first kappa shape index (κ1) is 16.8. The van der Waals surface area contributed by atoms with Crippen LogP contribution in [0, 0.1) is 17.8 Å². The Bertz CT molecular complexity index is 747. The molecule has 0 aliphatic heterocycles.